The summed E-state index contributed by atoms with van der Waals surface area (Å²) in [6.07, 6.45) is 3.16. The molecular formula is C31H25FN4O5S. The Kier molecular flexibility index (Phi) is 7.85. The van der Waals surface area contributed by atoms with Crippen molar-refractivity contribution in [3.05, 3.63) is 131 Å². The fraction of sp³-hybridized carbons (Fsp3) is 0.0645. The Morgan fingerprint density at radius 2 is 1.67 bits per heavy atom. The third-order valence-corrected chi connectivity index (χ3v) is 7.94. The zero-order valence-corrected chi connectivity index (χ0v) is 23.4. The fourth-order valence-electron chi connectivity index (χ4n) is 4.44. The van der Waals surface area contributed by atoms with Gasteiger partial charge in [-0.05, 0) is 91.3 Å². The number of rotatable bonds is 9. The number of hydrazone groups is 1. The Balaban J connectivity index is 1.36. The van der Waals surface area contributed by atoms with Gasteiger partial charge in [0.1, 0.15) is 11.6 Å². The monoisotopic (exact) mass is 584 g/mol. The van der Waals surface area contributed by atoms with Crippen molar-refractivity contribution in [2.45, 2.75) is 11.8 Å². The third-order valence-electron chi connectivity index (χ3n) is 6.57. The minimum Gasteiger partial charge on any atom is -0.497 e. The summed E-state index contributed by atoms with van der Waals surface area (Å²) in [5.41, 5.74) is 5.44. The molecule has 0 saturated carbocycles. The smallest absolute Gasteiger partial charge is 0.271 e. The van der Waals surface area contributed by atoms with Gasteiger partial charge in [0.05, 0.1) is 29.4 Å². The molecule has 0 aliphatic heterocycles. The highest BCUT2D eigenvalue weighted by Crippen LogP contribution is 2.25. The van der Waals surface area contributed by atoms with Gasteiger partial charge in [-0.25, -0.2) is 18.2 Å². The lowest BCUT2D eigenvalue weighted by atomic mass is 10.0. The molecule has 0 unspecified atom stereocenters. The number of ketones is 1. The number of carbonyl (C=O) groups excluding carboxylic acids is 2. The van der Waals surface area contributed by atoms with Crippen molar-refractivity contribution >= 4 is 39.1 Å². The van der Waals surface area contributed by atoms with Crippen LogP contribution in [0, 0.1) is 12.7 Å². The molecule has 212 valence electrons. The number of methoxy groups -OCH3 is 1. The number of halogens is 1. The highest BCUT2D eigenvalue weighted by atomic mass is 32.2. The Morgan fingerprint density at radius 1 is 0.929 bits per heavy atom. The molecule has 0 radical (unpaired) electrons. The number of pyridine rings is 1. The van der Waals surface area contributed by atoms with Gasteiger partial charge in [-0.3, -0.25) is 14.3 Å². The summed E-state index contributed by atoms with van der Waals surface area (Å²) >= 11 is 0. The normalized spacial score (nSPS) is 11.5. The zero-order valence-electron chi connectivity index (χ0n) is 22.5. The number of amides is 1. The van der Waals surface area contributed by atoms with Gasteiger partial charge in [-0.1, -0.05) is 12.1 Å². The number of hydrogen-bond acceptors (Lipinski definition) is 6. The number of aromatic nitrogens is 1. The van der Waals surface area contributed by atoms with E-state index >= 15 is 0 Å². The van der Waals surface area contributed by atoms with Gasteiger partial charge in [-0.2, -0.15) is 5.10 Å². The van der Waals surface area contributed by atoms with Gasteiger partial charge in [0.25, 0.3) is 15.9 Å². The third kappa shape index (κ3) is 5.77. The molecule has 0 fully saturated rings. The average Bonchev–Trinajstić information content (AvgIpc) is 3.28. The van der Waals surface area contributed by atoms with Gasteiger partial charge in [0.15, 0.2) is 0 Å². The molecule has 1 amide bonds. The zero-order chi connectivity index (χ0) is 29.9. The molecule has 0 aliphatic carbocycles. The second-order valence-corrected chi connectivity index (χ2v) is 10.9. The quantitative estimate of drug-likeness (QED) is 0.140. The van der Waals surface area contributed by atoms with E-state index < -0.39 is 21.7 Å². The summed E-state index contributed by atoms with van der Waals surface area (Å²) in [5, 5.41) is 4.09. The van der Waals surface area contributed by atoms with E-state index in [4.69, 9.17) is 4.74 Å². The average molecular weight is 585 g/mol. The predicted octanol–water partition coefficient (Wildman–Crippen LogP) is 5.19. The summed E-state index contributed by atoms with van der Waals surface area (Å²) in [6, 6.07) is 22.6. The van der Waals surface area contributed by atoms with E-state index in [2.05, 4.69) is 15.2 Å². The van der Waals surface area contributed by atoms with E-state index in [0.29, 0.717) is 39.3 Å². The standard InChI is InChI=1S/C31H25FN4O5S/c1-20-27(28-8-3-4-17-36(28)29(20)30(37)21-9-11-23(32)12-10-21)19-33-34-31(38)22-6-5-7-26(18-22)42(39,40)35-24-13-15-25(41-2)16-14-24/h3-19,35H,1-2H3,(H,34,38). The SMILES string of the molecule is COc1ccc(NS(=O)(=O)c2cccc(C(=O)NN=Cc3c(C)c(C(=O)c4ccc(F)cc4)n4ccccc34)c2)cc1. The maximum Gasteiger partial charge on any atom is 0.271 e. The molecule has 11 heteroatoms. The van der Waals surface area contributed by atoms with E-state index in [1.54, 1.807) is 47.9 Å². The molecule has 2 N–H and O–H groups in total. The highest BCUT2D eigenvalue weighted by Gasteiger charge is 2.21. The lowest BCUT2D eigenvalue weighted by molar-refractivity contribution is 0.0954. The van der Waals surface area contributed by atoms with Crippen molar-refractivity contribution < 1.29 is 27.1 Å². The van der Waals surface area contributed by atoms with E-state index in [1.165, 1.54) is 61.9 Å². The molecule has 2 aromatic heterocycles. The van der Waals surface area contributed by atoms with Crippen LogP contribution in [0.25, 0.3) is 5.52 Å². The summed E-state index contributed by atoms with van der Waals surface area (Å²) < 4.78 is 48.5. The minimum atomic E-state index is -3.98. The first-order valence-corrected chi connectivity index (χ1v) is 14.2. The van der Waals surface area contributed by atoms with E-state index in [0.717, 1.165) is 0 Å². The Labute approximate surface area is 241 Å². The molecular weight excluding hydrogens is 559 g/mol. The number of nitrogens with one attached hydrogen (secondary N) is 2. The van der Waals surface area contributed by atoms with Crippen LogP contribution in [0.5, 0.6) is 5.75 Å². The molecule has 2 heterocycles. The first kappa shape index (κ1) is 28.2. The molecule has 0 bridgehead atoms. The van der Waals surface area contributed by atoms with Crippen LogP contribution in [0.1, 0.15) is 37.5 Å². The lowest BCUT2D eigenvalue weighted by Crippen LogP contribution is -2.19. The molecule has 3 aromatic carbocycles. The Bertz CT molecular complexity index is 1930. The Hall–Kier alpha value is -5.29. The number of hydrogen-bond donors (Lipinski definition) is 2. The predicted molar refractivity (Wildman–Crippen MR) is 157 cm³/mol. The van der Waals surface area contributed by atoms with Crippen LogP contribution in [0.15, 0.2) is 107 Å². The van der Waals surface area contributed by atoms with Crippen molar-refractivity contribution in [1.29, 1.82) is 0 Å². The number of benzene rings is 3. The van der Waals surface area contributed by atoms with E-state index in [-0.39, 0.29) is 16.2 Å². The van der Waals surface area contributed by atoms with Crippen LogP contribution in [-0.4, -0.2) is 37.8 Å². The van der Waals surface area contributed by atoms with Gasteiger partial charge in [0.2, 0.25) is 5.78 Å². The van der Waals surface area contributed by atoms with Crippen molar-refractivity contribution in [1.82, 2.24) is 9.83 Å². The minimum absolute atomic E-state index is 0.0791. The first-order valence-electron chi connectivity index (χ1n) is 12.7. The van der Waals surface area contributed by atoms with Crippen molar-refractivity contribution in [3.8, 4) is 5.75 Å². The Morgan fingerprint density at radius 3 is 2.38 bits per heavy atom. The van der Waals surface area contributed by atoms with Gasteiger partial charge in [-0.15, -0.1) is 0 Å². The summed E-state index contributed by atoms with van der Waals surface area (Å²) in [5.74, 6) is -0.782. The summed E-state index contributed by atoms with van der Waals surface area (Å²) in [4.78, 5) is 26.1. The molecule has 5 aromatic rings. The maximum absolute atomic E-state index is 13.4. The van der Waals surface area contributed by atoms with Crippen LogP contribution < -0.4 is 14.9 Å². The molecule has 9 nitrogen and oxygen atoms in total. The van der Waals surface area contributed by atoms with Gasteiger partial charge >= 0.3 is 0 Å². The van der Waals surface area contributed by atoms with Crippen LogP contribution in [0.4, 0.5) is 10.1 Å². The largest absolute Gasteiger partial charge is 0.497 e. The van der Waals surface area contributed by atoms with E-state index in [9.17, 15) is 22.4 Å². The first-order chi connectivity index (χ1) is 20.2. The number of fused-ring (bicyclic) bond motifs is 1. The molecule has 0 aliphatic rings. The number of nitrogens with zero attached hydrogens (tertiary/aromatic N) is 2. The second kappa shape index (κ2) is 11.7. The maximum atomic E-state index is 13.4. The van der Waals surface area contributed by atoms with Crippen LogP contribution >= 0.6 is 0 Å². The lowest BCUT2D eigenvalue weighted by Gasteiger charge is -2.10. The van der Waals surface area contributed by atoms with Gasteiger partial charge in [0, 0.05) is 28.6 Å². The topological polar surface area (TPSA) is 118 Å². The molecule has 5 rings (SSSR count). The molecule has 0 saturated heterocycles. The van der Waals surface area contributed by atoms with E-state index in [1.807, 2.05) is 12.1 Å². The molecule has 0 atom stereocenters. The highest BCUT2D eigenvalue weighted by molar-refractivity contribution is 7.92. The number of ether oxygens (including phenoxy) is 1. The van der Waals surface area contributed by atoms with Crippen molar-refractivity contribution in [2.24, 2.45) is 5.10 Å². The number of carbonyl (C=O) groups is 2. The molecule has 0 spiro atoms. The number of sulfonamides is 1. The fourth-order valence-corrected chi connectivity index (χ4v) is 5.54. The summed E-state index contributed by atoms with van der Waals surface area (Å²) in [6.45, 7) is 1.76. The van der Waals surface area contributed by atoms with Crippen molar-refractivity contribution in [3.63, 3.8) is 0 Å². The van der Waals surface area contributed by atoms with Crippen LogP contribution in [-0.2, 0) is 10.0 Å². The van der Waals surface area contributed by atoms with Crippen molar-refractivity contribution in [2.75, 3.05) is 11.8 Å². The molecule has 42 heavy (non-hydrogen) atoms. The second-order valence-electron chi connectivity index (χ2n) is 9.24. The van der Waals surface area contributed by atoms with Gasteiger partial charge < -0.3 is 9.14 Å². The number of anilines is 1. The van der Waals surface area contributed by atoms with Crippen LogP contribution in [0.3, 0.4) is 0 Å². The van der Waals surface area contributed by atoms with Crippen LogP contribution in [0.2, 0.25) is 0 Å². The summed E-state index contributed by atoms with van der Waals surface area (Å²) in [7, 11) is -2.47.